The summed E-state index contributed by atoms with van der Waals surface area (Å²) in [6.45, 7) is 2.67. The molecule has 134 valence electrons. The monoisotopic (exact) mass is 379 g/mol. The van der Waals surface area contributed by atoms with E-state index in [1.165, 1.54) is 22.6 Å². The number of carbonyl (C=O) groups is 1. The number of sulfonamides is 1. The van der Waals surface area contributed by atoms with Gasteiger partial charge in [-0.05, 0) is 47.5 Å². The van der Waals surface area contributed by atoms with Crippen molar-refractivity contribution < 1.29 is 13.2 Å². The zero-order valence-electron chi connectivity index (χ0n) is 13.8. The Morgan fingerprint density at radius 1 is 1.24 bits per heavy atom. The zero-order valence-corrected chi connectivity index (χ0v) is 15.4. The van der Waals surface area contributed by atoms with E-state index in [2.05, 4.69) is 21.7 Å². The molecular weight excluding hydrogens is 358 g/mol. The first-order valence-electron chi connectivity index (χ1n) is 8.08. The molecule has 1 amide bonds. The lowest BCUT2D eigenvalue weighted by atomic mass is 10.1. The van der Waals surface area contributed by atoms with Crippen molar-refractivity contribution in [2.24, 2.45) is 5.14 Å². The maximum absolute atomic E-state index is 12.1. The summed E-state index contributed by atoms with van der Waals surface area (Å²) in [6.07, 6.45) is 1.65. The van der Waals surface area contributed by atoms with Gasteiger partial charge in [-0.15, -0.1) is 11.3 Å². The molecule has 0 saturated carbocycles. The molecule has 0 spiro atoms. The Morgan fingerprint density at radius 2 is 2.00 bits per heavy atom. The van der Waals surface area contributed by atoms with Crippen LogP contribution in [-0.2, 0) is 34.2 Å². The summed E-state index contributed by atoms with van der Waals surface area (Å²) in [4.78, 5) is 15.8. The molecule has 8 heteroatoms. The number of carbonyl (C=O) groups excluding carboxylic acids is 1. The number of rotatable bonds is 6. The van der Waals surface area contributed by atoms with E-state index in [4.69, 9.17) is 5.14 Å². The molecule has 0 unspecified atom stereocenters. The molecule has 6 nitrogen and oxygen atoms in total. The SMILES string of the molecule is NS(=O)(=O)c1ccc(CCNC(=O)CN2CCc3sccc3C2)cc1. The van der Waals surface area contributed by atoms with Gasteiger partial charge in [0.2, 0.25) is 15.9 Å². The summed E-state index contributed by atoms with van der Waals surface area (Å²) >= 11 is 1.79. The van der Waals surface area contributed by atoms with Crippen molar-refractivity contribution in [3.05, 3.63) is 51.7 Å². The Kier molecular flexibility index (Phi) is 5.53. The number of nitrogens with one attached hydrogen (secondary N) is 1. The highest BCUT2D eigenvalue weighted by Gasteiger charge is 2.18. The van der Waals surface area contributed by atoms with E-state index in [1.807, 2.05) is 0 Å². The number of nitrogens with zero attached hydrogens (tertiary/aromatic N) is 1. The molecule has 0 saturated heterocycles. The van der Waals surface area contributed by atoms with E-state index in [9.17, 15) is 13.2 Å². The Balaban J connectivity index is 1.42. The number of nitrogens with two attached hydrogens (primary N) is 1. The van der Waals surface area contributed by atoms with E-state index in [-0.39, 0.29) is 10.8 Å². The third-order valence-corrected chi connectivity index (χ3v) is 6.19. The van der Waals surface area contributed by atoms with E-state index in [0.29, 0.717) is 19.5 Å². The molecule has 2 heterocycles. The van der Waals surface area contributed by atoms with Crippen molar-refractivity contribution in [1.29, 1.82) is 0 Å². The molecule has 1 aliphatic rings. The van der Waals surface area contributed by atoms with Crippen molar-refractivity contribution in [2.75, 3.05) is 19.6 Å². The second-order valence-electron chi connectivity index (χ2n) is 6.12. The maximum atomic E-state index is 12.1. The van der Waals surface area contributed by atoms with Crippen LogP contribution in [0.5, 0.6) is 0 Å². The van der Waals surface area contributed by atoms with Crippen LogP contribution in [0.3, 0.4) is 0 Å². The predicted octanol–water partition coefficient (Wildman–Crippen LogP) is 1.11. The number of hydrogen-bond acceptors (Lipinski definition) is 5. The van der Waals surface area contributed by atoms with Gasteiger partial charge in [0.1, 0.15) is 0 Å². The number of benzene rings is 1. The minimum Gasteiger partial charge on any atom is -0.355 e. The lowest BCUT2D eigenvalue weighted by Gasteiger charge is -2.26. The normalized spacial score (nSPS) is 14.9. The fraction of sp³-hybridized carbons (Fsp3) is 0.353. The van der Waals surface area contributed by atoms with Crippen molar-refractivity contribution in [3.8, 4) is 0 Å². The first-order valence-corrected chi connectivity index (χ1v) is 10.5. The number of hydrogen-bond donors (Lipinski definition) is 2. The Bertz CT molecular complexity index is 844. The molecule has 2 aromatic rings. The highest BCUT2D eigenvalue weighted by atomic mass is 32.2. The number of fused-ring (bicyclic) bond motifs is 1. The van der Waals surface area contributed by atoms with Crippen LogP contribution in [0.25, 0.3) is 0 Å². The van der Waals surface area contributed by atoms with Crippen LogP contribution in [0.1, 0.15) is 16.0 Å². The molecule has 1 aliphatic heterocycles. The largest absolute Gasteiger partial charge is 0.355 e. The molecule has 25 heavy (non-hydrogen) atoms. The van der Waals surface area contributed by atoms with Gasteiger partial charge in [-0.3, -0.25) is 9.69 Å². The maximum Gasteiger partial charge on any atom is 0.238 e. The topological polar surface area (TPSA) is 92.5 Å². The standard InChI is InChI=1S/C17H21N3O3S2/c18-25(22,23)15-3-1-13(2-4-15)5-8-19-17(21)12-20-9-6-16-14(11-20)7-10-24-16/h1-4,7,10H,5-6,8-9,11-12H2,(H,19,21)(H2,18,22,23). The smallest absolute Gasteiger partial charge is 0.238 e. The molecular formula is C17H21N3O3S2. The first-order chi connectivity index (χ1) is 11.9. The highest BCUT2D eigenvalue weighted by Crippen LogP contribution is 2.23. The average molecular weight is 380 g/mol. The fourth-order valence-electron chi connectivity index (χ4n) is 2.89. The molecule has 3 N–H and O–H groups in total. The molecule has 0 aliphatic carbocycles. The summed E-state index contributed by atoms with van der Waals surface area (Å²) in [5, 5.41) is 10.1. The van der Waals surface area contributed by atoms with Crippen molar-refractivity contribution in [3.63, 3.8) is 0 Å². The second kappa shape index (κ2) is 7.65. The van der Waals surface area contributed by atoms with Crippen LogP contribution in [0.4, 0.5) is 0 Å². The number of thiophene rings is 1. The van der Waals surface area contributed by atoms with Gasteiger partial charge < -0.3 is 5.32 Å². The summed E-state index contributed by atoms with van der Waals surface area (Å²) in [6, 6.07) is 8.54. The minimum absolute atomic E-state index is 0.0137. The van der Waals surface area contributed by atoms with Gasteiger partial charge >= 0.3 is 0 Å². The zero-order chi connectivity index (χ0) is 17.9. The van der Waals surface area contributed by atoms with Crippen LogP contribution in [0, 0.1) is 0 Å². The average Bonchev–Trinajstić information content (AvgIpc) is 3.02. The van der Waals surface area contributed by atoms with Gasteiger partial charge in [-0.1, -0.05) is 12.1 Å². The highest BCUT2D eigenvalue weighted by molar-refractivity contribution is 7.89. The minimum atomic E-state index is -3.66. The molecule has 1 aromatic heterocycles. The van der Waals surface area contributed by atoms with Crippen molar-refractivity contribution >= 4 is 27.3 Å². The van der Waals surface area contributed by atoms with Gasteiger partial charge in [0.15, 0.2) is 0 Å². The quantitative estimate of drug-likeness (QED) is 0.786. The molecule has 1 aromatic carbocycles. The fourth-order valence-corrected chi connectivity index (χ4v) is 4.30. The van der Waals surface area contributed by atoms with Crippen LogP contribution in [0.2, 0.25) is 0 Å². The van der Waals surface area contributed by atoms with Gasteiger partial charge in [-0.25, -0.2) is 13.6 Å². The van der Waals surface area contributed by atoms with Crippen molar-refractivity contribution in [1.82, 2.24) is 10.2 Å². The molecule has 0 atom stereocenters. The van der Waals surface area contributed by atoms with Gasteiger partial charge in [0, 0.05) is 24.5 Å². The van der Waals surface area contributed by atoms with E-state index in [0.717, 1.165) is 25.1 Å². The second-order valence-corrected chi connectivity index (χ2v) is 8.68. The van der Waals surface area contributed by atoms with E-state index in [1.54, 1.807) is 23.5 Å². The summed E-state index contributed by atoms with van der Waals surface area (Å²) in [5.74, 6) is 0.0137. The number of primary sulfonamides is 1. The van der Waals surface area contributed by atoms with Gasteiger partial charge in [-0.2, -0.15) is 0 Å². The van der Waals surface area contributed by atoms with Gasteiger partial charge in [0.05, 0.1) is 11.4 Å². The molecule has 0 bridgehead atoms. The molecule has 0 radical (unpaired) electrons. The third-order valence-electron chi connectivity index (χ3n) is 4.24. The first kappa shape index (κ1) is 18.1. The van der Waals surface area contributed by atoms with E-state index >= 15 is 0 Å². The Morgan fingerprint density at radius 3 is 2.72 bits per heavy atom. The molecule has 0 fully saturated rings. The predicted molar refractivity (Wildman–Crippen MR) is 97.8 cm³/mol. The Hall–Kier alpha value is -1.74. The van der Waals surface area contributed by atoms with Gasteiger partial charge in [0.25, 0.3) is 0 Å². The summed E-state index contributed by atoms with van der Waals surface area (Å²) in [7, 11) is -3.66. The van der Waals surface area contributed by atoms with E-state index < -0.39 is 10.0 Å². The lowest BCUT2D eigenvalue weighted by molar-refractivity contribution is -0.122. The van der Waals surface area contributed by atoms with Crippen LogP contribution in [-0.4, -0.2) is 38.9 Å². The third kappa shape index (κ3) is 4.88. The van der Waals surface area contributed by atoms with Crippen LogP contribution < -0.4 is 10.5 Å². The summed E-state index contributed by atoms with van der Waals surface area (Å²) < 4.78 is 22.4. The summed E-state index contributed by atoms with van der Waals surface area (Å²) in [5.41, 5.74) is 2.28. The lowest BCUT2D eigenvalue weighted by Crippen LogP contribution is -2.40. The molecule has 3 rings (SSSR count). The van der Waals surface area contributed by atoms with Crippen LogP contribution in [0.15, 0.2) is 40.6 Å². The Labute approximate surface area is 151 Å². The number of amides is 1. The van der Waals surface area contributed by atoms with Crippen LogP contribution >= 0.6 is 11.3 Å². The van der Waals surface area contributed by atoms with Crippen molar-refractivity contribution in [2.45, 2.75) is 24.3 Å².